The fourth-order valence-corrected chi connectivity index (χ4v) is 3.45. The highest BCUT2D eigenvalue weighted by atomic mass is 35.5. The molecule has 21 heavy (non-hydrogen) atoms. The van der Waals surface area contributed by atoms with E-state index in [0.717, 1.165) is 24.3 Å². The summed E-state index contributed by atoms with van der Waals surface area (Å²) in [7, 11) is 0. The Morgan fingerprint density at radius 3 is 2.95 bits per heavy atom. The minimum Gasteiger partial charge on any atom is -0.327 e. The molecule has 0 fully saturated rings. The first-order valence-electron chi connectivity index (χ1n) is 7.10. The lowest BCUT2D eigenvalue weighted by atomic mass is 10.1. The molecule has 0 aliphatic rings. The van der Waals surface area contributed by atoms with E-state index in [1.54, 1.807) is 11.3 Å². The fraction of sp³-hybridized carbons (Fsp3) is 0.375. The topological polar surface area (TPSA) is 30.7 Å². The molecule has 0 aliphatic heterocycles. The van der Waals surface area contributed by atoms with E-state index in [-0.39, 0.29) is 0 Å². The third-order valence-corrected chi connectivity index (χ3v) is 4.83. The highest BCUT2D eigenvalue weighted by Crippen LogP contribution is 2.25. The summed E-state index contributed by atoms with van der Waals surface area (Å²) in [6, 6.07) is 6.40. The SMILES string of the molecule is Cc1ccc2nc(CCCl)n(CC(C)c3nccs3)c2c1. The molecule has 3 rings (SSSR count). The van der Waals surface area contributed by atoms with Crippen LogP contribution in [0.4, 0.5) is 0 Å². The molecule has 0 radical (unpaired) electrons. The summed E-state index contributed by atoms with van der Waals surface area (Å²) < 4.78 is 2.30. The highest BCUT2D eigenvalue weighted by Gasteiger charge is 2.15. The van der Waals surface area contributed by atoms with Crippen LogP contribution in [0.5, 0.6) is 0 Å². The van der Waals surface area contributed by atoms with Crippen LogP contribution >= 0.6 is 22.9 Å². The van der Waals surface area contributed by atoms with E-state index in [9.17, 15) is 0 Å². The number of hydrogen-bond donors (Lipinski definition) is 0. The maximum absolute atomic E-state index is 5.94. The first-order valence-corrected chi connectivity index (χ1v) is 8.51. The zero-order valence-electron chi connectivity index (χ0n) is 12.2. The lowest BCUT2D eigenvalue weighted by Gasteiger charge is -2.13. The summed E-state index contributed by atoms with van der Waals surface area (Å²) >= 11 is 7.65. The largest absolute Gasteiger partial charge is 0.327 e. The molecule has 0 saturated carbocycles. The van der Waals surface area contributed by atoms with E-state index in [2.05, 4.69) is 41.6 Å². The fourth-order valence-electron chi connectivity index (χ4n) is 2.59. The molecule has 0 amide bonds. The molecule has 0 saturated heterocycles. The Labute approximate surface area is 133 Å². The maximum atomic E-state index is 5.94. The molecule has 2 heterocycles. The van der Waals surface area contributed by atoms with Crippen LogP contribution in [0.1, 0.15) is 29.2 Å². The summed E-state index contributed by atoms with van der Waals surface area (Å²) in [5.74, 6) is 2.03. The average molecular weight is 320 g/mol. The number of benzene rings is 1. The van der Waals surface area contributed by atoms with Gasteiger partial charge in [0.05, 0.1) is 16.0 Å². The number of fused-ring (bicyclic) bond motifs is 1. The summed E-state index contributed by atoms with van der Waals surface area (Å²) in [5, 5.41) is 3.20. The lowest BCUT2D eigenvalue weighted by molar-refractivity contribution is 0.586. The highest BCUT2D eigenvalue weighted by molar-refractivity contribution is 7.09. The van der Waals surface area contributed by atoms with Crippen molar-refractivity contribution in [3.8, 4) is 0 Å². The zero-order chi connectivity index (χ0) is 14.8. The van der Waals surface area contributed by atoms with E-state index in [1.165, 1.54) is 16.1 Å². The molecular formula is C16H18ClN3S. The Morgan fingerprint density at radius 2 is 2.24 bits per heavy atom. The number of imidazole rings is 1. The van der Waals surface area contributed by atoms with Gasteiger partial charge < -0.3 is 4.57 Å². The van der Waals surface area contributed by atoms with Gasteiger partial charge in [-0.3, -0.25) is 0 Å². The first-order chi connectivity index (χ1) is 10.2. The van der Waals surface area contributed by atoms with Crippen LogP contribution in [0, 0.1) is 6.92 Å². The van der Waals surface area contributed by atoms with Crippen molar-refractivity contribution in [2.45, 2.75) is 32.7 Å². The molecule has 2 aromatic heterocycles. The van der Waals surface area contributed by atoms with Crippen LogP contribution in [0.2, 0.25) is 0 Å². The monoisotopic (exact) mass is 319 g/mol. The molecule has 1 atom stereocenters. The van der Waals surface area contributed by atoms with Gasteiger partial charge in [-0.1, -0.05) is 13.0 Å². The summed E-state index contributed by atoms with van der Waals surface area (Å²) in [5.41, 5.74) is 3.49. The average Bonchev–Trinajstić information content (AvgIpc) is 3.09. The number of thiazole rings is 1. The van der Waals surface area contributed by atoms with Gasteiger partial charge in [0.1, 0.15) is 5.82 Å². The summed E-state index contributed by atoms with van der Waals surface area (Å²) in [6.07, 6.45) is 2.66. The molecular weight excluding hydrogens is 302 g/mol. The zero-order valence-corrected chi connectivity index (χ0v) is 13.8. The smallest absolute Gasteiger partial charge is 0.111 e. The van der Waals surface area contributed by atoms with Crippen molar-refractivity contribution in [3.63, 3.8) is 0 Å². The van der Waals surface area contributed by atoms with E-state index in [4.69, 9.17) is 16.6 Å². The number of nitrogens with zero attached hydrogens (tertiary/aromatic N) is 3. The van der Waals surface area contributed by atoms with Gasteiger partial charge in [-0.05, 0) is 24.6 Å². The Morgan fingerprint density at radius 1 is 1.38 bits per heavy atom. The second kappa shape index (κ2) is 6.16. The van der Waals surface area contributed by atoms with E-state index in [1.807, 2.05) is 11.6 Å². The summed E-state index contributed by atoms with van der Waals surface area (Å²) in [6.45, 7) is 5.22. The summed E-state index contributed by atoms with van der Waals surface area (Å²) in [4.78, 5) is 9.17. The number of halogens is 1. The predicted octanol–water partition coefficient (Wildman–Crippen LogP) is 4.39. The Balaban J connectivity index is 2.02. The normalized spacial score (nSPS) is 12.9. The third-order valence-electron chi connectivity index (χ3n) is 3.63. The Hall–Kier alpha value is -1.39. The first kappa shape index (κ1) is 14.5. The number of hydrogen-bond acceptors (Lipinski definition) is 3. The van der Waals surface area contributed by atoms with Gasteiger partial charge in [-0.15, -0.1) is 22.9 Å². The van der Waals surface area contributed by atoms with Crippen molar-refractivity contribution in [2.24, 2.45) is 0 Å². The van der Waals surface area contributed by atoms with Crippen LogP contribution in [0.3, 0.4) is 0 Å². The van der Waals surface area contributed by atoms with Crippen LogP contribution in [0.25, 0.3) is 11.0 Å². The Kier molecular flexibility index (Phi) is 4.27. The quantitative estimate of drug-likeness (QED) is 0.653. The molecule has 0 N–H and O–H groups in total. The van der Waals surface area contributed by atoms with E-state index >= 15 is 0 Å². The van der Waals surface area contributed by atoms with Gasteiger partial charge in [0.15, 0.2) is 0 Å². The number of rotatable bonds is 5. The number of alkyl halides is 1. The van der Waals surface area contributed by atoms with Crippen molar-refractivity contribution >= 4 is 34.0 Å². The molecule has 3 aromatic rings. The minimum absolute atomic E-state index is 0.372. The third kappa shape index (κ3) is 2.97. The van der Waals surface area contributed by atoms with Crippen molar-refractivity contribution in [2.75, 3.05) is 5.88 Å². The lowest BCUT2D eigenvalue weighted by Crippen LogP contribution is -2.10. The van der Waals surface area contributed by atoms with Crippen molar-refractivity contribution in [1.29, 1.82) is 0 Å². The van der Waals surface area contributed by atoms with Crippen LogP contribution < -0.4 is 0 Å². The molecule has 5 heteroatoms. The van der Waals surface area contributed by atoms with Crippen LogP contribution in [0.15, 0.2) is 29.8 Å². The van der Waals surface area contributed by atoms with Crippen molar-refractivity contribution in [3.05, 3.63) is 46.2 Å². The van der Waals surface area contributed by atoms with Gasteiger partial charge in [0, 0.05) is 36.3 Å². The standard InChI is InChI=1S/C16H18ClN3S/c1-11-3-4-13-14(9-11)20(15(19-13)5-6-17)10-12(2)16-18-7-8-21-16/h3-4,7-9,12H,5-6,10H2,1-2H3. The molecule has 110 valence electrons. The second-order valence-electron chi connectivity index (χ2n) is 5.34. The molecule has 1 aromatic carbocycles. The van der Waals surface area contributed by atoms with Gasteiger partial charge in [0.2, 0.25) is 0 Å². The maximum Gasteiger partial charge on any atom is 0.111 e. The molecule has 0 aliphatic carbocycles. The van der Waals surface area contributed by atoms with Crippen LogP contribution in [-0.4, -0.2) is 20.4 Å². The van der Waals surface area contributed by atoms with Gasteiger partial charge in [0.25, 0.3) is 0 Å². The van der Waals surface area contributed by atoms with Gasteiger partial charge >= 0.3 is 0 Å². The van der Waals surface area contributed by atoms with Gasteiger partial charge in [-0.25, -0.2) is 9.97 Å². The Bertz CT molecular complexity index is 733. The molecule has 1 unspecified atom stereocenters. The molecule has 3 nitrogen and oxygen atoms in total. The van der Waals surface area contributed by atoms with E-state index < -0.39 is 0 Å². The van der Waals surface area contributed by atoms with Crippen molar-refractivity contribution in [1.82, 2.24) is 14.5 Å². The predicted molar refractivity (Wildman–Crippen MR) is 89.4 cm³/mol. The number of aromatic nitrogens is 3. The second-order valence-corrected chi connectivity index (χ2v) is 6.65. The van der Waals surface area contributed by atoms with Crippen molar-refractivity contribution < 1.29 is 0 Å². The molecule has 0 spiro atoms. The minimum atomic E-state index is 0.372. The van der Waals surface area contributed by atoms with Crippen LogP contribution in [-0.2, 0) is 13.0 Å². The number of aryl methyl sites for hydroxylation is 2. The van der Waals surface area contributed by atoms with Gasteiger partial charge in [-0.2, -0.15) is 0 Å². The van der Waals surface area contributed by atoms with E-state index in [0.29, 0.717) is 11.8 Å². The molecule has 0 bridgehead atoms.